The van der Waals surface area contributed by atoms with Gasteiger partial charge < -0.3 is 4.90 Å². The fourth-order valence-electron chi connectivity index (χ4n) is 3.72. The monoisotopic (exact) mass is 408 g/mol. The maximum Gasteiger partial charge on any atom is 0.292 e. The third kappa shape index (κ3) is 2.89. The summed E-state index contributed by atoms with van der Waals surface area (Å²) in [6, 6.07) is 17.6. The summed E-state index contributed by atoms with van der Waals surface area (Å²) in [6.07, 6.45) is 3.71. The maximum atomic E-state index is 12.9. The van der Waals surface area contributed by atoms with E-state index in [4.69, 9.17) is 16.6 Å². The Morgan fingerprint density at radius 1 is 1.07 bits per heavy atom. The molecule has 0 amide bonds. The van der Waals surface area contributed by atoms with Gasteiger partial charge in [0.2, 0.25) is 0 Å². The summed E-state index contributed by atoms with van der Waals surface area (Å²) in [7, 11) is 0. The highest BCUT2D eigenvalue weighted by molar-refractivity contribution is 7.18. The van der Waals surface area contributed by atoms with E-state index in [2.05, 4.69) is 16.1 Å². The van der Waals surface area contributed by atoms with Gasteiger partial charge in [0.1, 0.15) is 10.0 Å². The number of para-hydroxylation sites is 2. The summed E-state index contributed by atoms with van der Waals surface area (Å²) in [4.78, 5) is 19.8. The first-order valence-electron chi connectivity index (χ1n) is 9.18. The number of thiazole rings is 1. The number of halogens is 1. The van der Waals surface area contributed by atoms with Crippen molar-refractivity contribution in [3.05, 3.63) is 81.2 Å². The number of aromatic nitrogens is 3. The molecule has 140 valence electrons. The lowest BCUT2D eigenvalue weighted by Gasteiger charge is -2.25. The van der Waals surface area contributed by atoms with Crippen molar-refractivity contribution in [3.63, 3.8) is 0 Å². The van der Waals surface area contributed by atoms with Gasteiger partial charge in [0.15, 0.2) is 0 Å². The summed E-state index contributed by atoms with van der Waals surface area (Å²) in [5, 5.41) is 5.64. The minimum Gasteiger partial charge on any atom is -0.359 e. The van der Waals surface area contributed by atoms with Gasteiger partial charge in [0.25, 0.3) is 5.56 Å². The second-order valence-corrected chi connectivity index (χ2v) is 8.21. The number of benzene rings is 2. The van der Waals surface area contributed by atoms with Crippen LogP contribution in [0.15, 0.2) is 65.6 Å². The molecular formula is C21H17ClN4OS. The number of fused-ring (bicyclic) bond motifs is 1. The standard InChI is InChI=1S/C21H17ClN4OS/c22-19-17(13-23-26(21(19)27)14-7-2-1-3-8-14)25-12-6-10-16(25)20-24-15-9-4-5-11-18(15)28-20/h1-5,7-9,11,13,16H,6,10,12H2/t16-/m0/s1. The molecule has 0 spiro atoms. The molecule has 0 saturated carbocycles. The van der Waals surface area contributed by atoms with Crippen LogP contribution in [0.2, 0.25) is 5.02 Å². The smallest absolute Gasteiger partial charge is 0.292 e. The molecular weight excluding hydrogens is 392 g/mol. The van der Waals surface area contributed by atoms with Crippen LogP contribution in [-0.4, -0.2) is 21.3 Å². The summed E-state index contributed by atoms with van der Waals surface area (Å²) in [6.45, 7) is 0.830. The second kappa shape index (κ2) is 7.04. The van der Waals surface area contributed by atoms with Gasteiger partial charge in [-0.25, -0.2) is 4.98 Å². The quantitative estimate of drug-likeness (QED) is 0.487. The van der Waals surface area contributed by atoms with E-state index >= 15 is 0 Å². The van der Waals surface area contributed by atoms with Gasteiger partial charge in [-0.05, 0) is 37.1 Å². The minimum absolute atomic E-state index is 0.115. The van der Waals surface area contributed by atoms with Crippen molar-refractivity contribution in [2.24, 2.45) is 0 Å². The first kappa shape index (κ1) is 17.4. The fourth-order valence-corrected chi connectivity index (χ4v) is 5.07. The van der Waals surface area contributed by atoms with Crippen LogP contribution in [0.3, 0.4) is 0 Å². The van der Waals surface area contributed by atoms with Crippen LogP contribution in [0.25, 0.3) is 15.9 Å². The van der Waals surface area contributed by atoms with Crippen LogP contribution in [0.5, 0.6) is 0 Å². The molecule has 2 aromatic carbocycles. The number of hydrogen-bond donors (Lipinski definition) is 0. The molecule has 0 bridgehead atoms. The van der Waals surface area contributed by atoms with Crippen molar-refractivity contribution in [2.45, 2.75) is 18.9 Å². The molecule has 1 aliphatic rings. The molecule has 5 nitrogen and oxygen atoms in total. The molecule has 1 atom stereocenters. The highest BCUT2D eigenvalue weighted by atomic mass is 35.5. The Morgan fingerprint density at radius 2 is 1.86 bits per heavy atom. The molecule has 0 N–H and O–H groups in total. The number of rotatable bonds is 3. The SMILES string of the molecule is O=c1c(Cl)c(N2CCC[C@H]2c2nc3ccccc3s2)cnn1-c1ccccc1. The minimum atomic E-state index is -0.305. The molecule has 0 radical (unpaired) electrons. The lowest BCUT2D eigenvalue weighted by molar-refractivity contribution is 0.706. The van der Waals surface area contributed by atoms with Crippen LogP contribution < -0.4 is 10.5 Å². The highest BCUT2D eigenvalue weighted by Crippen LogP contribution is 2.40. The molecule has 1 aliphatic heterocycles. The van der Waals surface area contributed by atoms with Crippen molar-refractivity contribution < 1.29 is 0 Å². The zero-order chi connectivity index (χ0) is 19.1. The lowest BCUT2D eigenvalue weighted by Crippen LogP contribution is -2.28. The molecule has 2 aromatic heterocycles. The van der Waals surface area contributed by atoms with Crippen LogP contribution in [-0.2, 0) is 0 Å². The maximum absolute atomic E-state index is 12.9. The van der Waals surface area contributed by atoms with E-state index in [1.807, 2.05) is 48.5 Å². The molecule has 28 heavy (non-hydrogen) atoms. The van der Waals surface area contributed by atoms with Crippen molar-refractivity contribution in [2.75, 3.05) is 11.4 Å². The molecule has 0 aliphatic carbocycles. The molecule has 0 unspecified atom stereocenters. The van der Waals surface area contributed by atoms with Gasteiger partial charge in [0.05, 0.1) is 33.8 Å². The summed E-state index contributed by atoms with van der Waals surface area (Å²) in [5.41, 5.74) is 2.09. The molecule has 1 saturated heterocycles. The number of hydrogen-bond acceptors (Lipinski definition) is 5. The predicted molar refractivity (Wildman–Crippen MR) is 114 cm³/mol. The predicted octanol–water partition coefficient (Wildman–Crippen LogP) is 4.84. The third-order valence-electron chi connectivity index (χ3n) is 5.06. The summed E-state index contributed by atoms with van der Waals surface area (Å²) >= 11 is 8.23. The van der Waals surface area contributed by atoms with Crippen molar-refractivity contribution >= 4 is 38.8 Å². The van der Waals surface area contributed by atoms with Crippen molar-refractivity contribution in [3.8, 4) is 5.69 Å². The average Bonchev–Trinajstić information content (AvgIpc) is 3.37. The summed E-state index contributed by atoms with van der Waals surface area (Å²) in [5.74, 6) is 0. The lowest BCUT2D eigenvalue weighted by atomic mass is 10.2. The molecule has 5 rings (SSSR count). The summed E-state index contributed by atoms with van der Waals surface area (Å²) < 4.78 is 2.52. The van der Waals surface area contributed by atoms with E-state index < -0.39 is 0 Å². The topological polar surface area (TPSA) is 51.0 Å². The highest BCUT2D eigenvalue weighted by Gasteiger charge is 2.31. The first-order valence-corrected chi connectivity index (χ1v) is 10.4. The van der Waals surface area contributed by atoms with Gasteiger partial charge in [0, 0.05) is 6.54 Å². The van der Waals surface area contributed by atoms with E-state index in [1.54, 1.807) is 17.5 Å². The molecule has 4 aromatic rings. The molecule has 7 heteroatoms. The van der Waals surface area contributed by atoms with Crippen LogP contribution >= 0.6 is 22.9 Å². The first-order chi connectivity index (χ1) is 13.7. The van der Waals surface area contributed by atoms with Gasteiger partial charge >= 0.3 is 0 Å². The Kier molecular flexibility index (Phi) is 4.37. The van der Waals surface area contributed by atoms with Gasteiger partial charge in [-0.1, -0.05) is 41.9 Å². The van der Waals surface area contributed by atoms with Crippen LogP contribution in [0.1, 0.15) is 23.9 Å². The fraction of sp³-hybridized carbons (Fsp3) is 0.190. The normalized spacial score (nSPS) is 16.8. The van der Waals surface area contributed by atoms with E-state index in [0.717, 1.165) is 29.9 Å². The Balaban J connectivity index is 1.54. The number of nitrogens with zero attached hydrogens (tertiary/aromatic N) is 4. The second-order valence-electron chi connectivity index (χ2n) is 6.77. The van der Waals surface area contributed by atoms with Gasteiger partial charge in [-0.2, -0.15) is 9.78 Å². The zero-order valence-corrected chi connectivity index (χ0v) is 16.5. The average molecular weight is 409 g/mol. The van der Waals surface area contributed by atoms with Crippen molar-refractivity contribution in [1.29, 1.82) is 0 Å². The van der Waals surface area contributed by atoms with Gasteiger partial charge in [-0.3, -0.25) is 4.79 Å². The largest absolute Gasteiger partial charge is 0.359 e. The van der Waals surface area contributed by atoms with E-state index in [-0.39, 0.29) is 16.6 Å². The van der Waals surface area contributed by atoms with Crippen molar-refractivity contribution in [1.82, 2.24) is 14.8 Å². The Hall–Kier alpha value is -2.70. The van der Waals surface area contributed by atoms with E-state index in [1.165, 1.54) is 9.38 Å². The van der Waals surface area contributed by atoms with Crippen LogP contribution in [0, 0.1) is 0 Å². The Labute approximate surface area is 170 Å². The van der Waals surface area contributed by atoms with E-state index in [9.17, 15) is 4.79 Å². The molecule has 3 heterocycles. The van der Waals surface area contributed by atoms with E-state index in [0.29, 0.717) is 11.4 Å². The van der Waals surface area contributed by atoms with Gasteiger partial charge in [-0.15, -0.1) is 11.3 Å². The Morgan fingerprint density at radius 3 is 2.68 bits per heavy atom. The van der Waals surface area contributed by atoms with Crippen LogP contribution in [0.4, 0.5) is 5.69 Å². The Bertz CT molecular complexity index is 1170. The zero-order valence-electron chi connectivity index (χ0n) is 15.0. The third-order valence-corrected chi connectivity index (χ3v) is 6.55. The number of anilines is 1. The molecule has 1 fully saturated rings.